The molecule has 2 aromatic heterocycles. The van der Waals surface area contributed by atoms with E-state index in [1.54, 1.807) is 11.7 Å². The number of nitrogens with one attached hydrogen (secondary N) is 2. The number of hydrogen-bond donors (Lipinski definition) is 2. The Kier molecular flexibility index (Phi) is 4.99. The average molecular weight is 334 g/mol. The van der Waals surface area contributed by atoms with E-state index >= 15 is 0 Å². The highest BCUT2D eigenvalue weighted by Crippen LogP contribution is 2.15. The van der Waals surface area contributed by atoms with Gasteiger partial charge in [0.2, 0.25) is 5.13 Å². The van der Waals surface area contributed by atoms with E-state index in [9.17, 15) is 4.79 Å². The van der Waals surface area contributed by atoms with E-state index < -0.39 is 0 Å². The van der Waals surface area contributed by atoms with Crippen molar-refractivity contribution in [1.82, 2.24) is 20.5 Å². The maximum Gasteiger partial charge on any atom is 0.321 e. The van der Waals surface area contributed by atoms with E-state index in [1.807, 2.05) is 12.1 Å². The summed E-state index contributed by atoms with van der Waals surface area (Å²) in [6.45, 7) is 4.87. The van der Waals surface area contributed by atoms with Gasteiger partial charge in [-0.1, -0.05) is 17.4 Å². The van der Waals surface area contributed by atoms with Gasteiger partial charge in [0.05, 0.1) is 12.7 Å². The van der Waals surface area contributed by atoms with Gasteiger partial charge in [0, 0.05) is 25.8 Å². The van der Waals surface area contributed by atoms with Gasteiger partial charge < -0.3 is 15.0 Å². The molecule has 9 heteroatoms. The van der Waals surface area contributed by atoms with Crippen LogP contribution in [0.15, 0.2) is 23.8 Å². The van der Waals surface area contributed by atoms with Crippen LogP contribution >= 0.6 is 11.3 Å². The molecule has 8 nitrogen and oxygen atoms in total. The SMILES string of the molecule is C[C@@H]1CN(c2ccc(CNC(=O)Nc3nncs3)cn2)CCO1. The maximum atomic E-state index is 11.7. The van der Waals surface area contributed by atoms with Crippen LogP contribution < -0.4 is 15.5 Å². The molecule has 2 aromatic rings. The quantitative estimate of drug-likeness (QED) is 0.880. The molecular weight excluding hydrogens is 316 g/mol. The van der Waals surface area contributed by atoms with Gasteiger partial charge in [-0.2, -0.15) is 0 Å². The number of morpholine rings is 1. The van der Waals surface area contributed by atoms with Crippen LogP contribution in [0.25, 0.3) is 0 Å². The lowest BCUT2D eigenvalue weighted by Crippen LogP contribution is -2.41. The average Bonchev–Trinajstić information content (AvgIpc) is 3.06. The Balaban J connectivity index is 1.50. The van der Waals surface area contributed by atoms with Gasteiger partial charge in [0.15, 0.2) is 0 Å². The molecule has 2 amide bonds. The molecule has 1 saturated heterocycles. The molecule has 0 bridgehead atoms. The first-order valence-electron chi connectivity index (χ1n) is 7.33. The van der Waals surface area contributed by atoms with Crippen LogP contribution in [0, 0.1) is 0 Å². The molecule has 1 aliphatic heterocycles. The highest BCUT2D eigenvalue weighted by Gasteiger charge is 2.17. The number of aromatic nitrogens is 3. The van der Waals surface area contributed by atoms with Gasteiger partial charge in [0.25, 0.3) is 0 Å². The van der Waals surface area contributed by atoms with E-state index in [1.165, 1.54) is 11.3 Å². The molecular formula is C14H18N6O2S. The number of hydrogen-bond acceptors (Lipinski definition) is 7. The van der Waals surface area contributed by atoms with Crippen LogP contribution in [-0.4, -0.2) is 47.0 Å². The van der Waals surface area contributed by atoms with Crippen LogP contribution in [0.2, 0.25) is 0 Å². The minimum atomic E-state index is -0.312. The topological polar surface area (TPSA) is 92.3 Å². The molecule has 0 saturated carbocycles. The van der Waals surface area contributed by atoms with E-state index in [-0.39, 0.29) is 12.1 Å². The van der Waals surface area contributed by atoms with Gasteiger partial charge in [0.1, 0.15) is 11.3 Å². The Labute approximate surface area is 137 Å². The molecule has 0 spiro atoms. The summed E-state index contributed by atoms with van der Waals surface area (Å²) in [6, 6.07) is 3.62. The van der Waals surface area contributed by atoms with Crippen LogP contribution in [0.5, 0.6) is 0 Å². The number of anilines is 2. The largest absolute Gasteiger partial charge is 0.375 e. The van der Waals surface area contributed by atoms with E-state index in [4.69, 9.17) is 4.74 Å². The molecule has 1 atom stereocenters. The first-order chi connectivity index (χ1) is 11.2. The van der Waals surface area contributed by atoms with Gasteiger partial charge in [-0.05, 0) is 18.6 Å². The number of ether oxygens (including phenoxy) is 1. The lowest BCUT2D eigenvalue weighted by molar-refractivity contribution is 0.0529. The van der Waals surface area contributed by atoms with Crippen molar-refractivity contribution in [2.75, 3.05) is 29.9 Å². The van der Waals surface area contributed by atoms with Crippen molar-refractivity contribution < 1.29 is 9.53 Å². The molecule has 23 heavy (non-hydrogen) atoms. The first-order valence-corrected chi connectivity index (χ1v) is 8.21. The van der Waals surface area contributed by atoms with Crippen LogP contribution in [-0.2, 0) is 11.3 Å². The molecule has 0 aromatic carbocycles. The second-order valence-electron chi connectivity index (χ2n) is 5.20. The predicted octanol–water partition coefficient (Wildman–Crippen LogP) is 1.48. The Morgan fingerprint density at radius 2 is 2.43 bits per heavy atom. The normalized spacial score (nSPS) is 17.8. The molecule has 2 N–H and O–H groups in total. The fraction of sp³-hybridized carbons (Fsp3) is 0.429. The van der Waals surface area contributed by atoms with E-state index in [0.29, 0.717) is 11.7 Å². The molecule has 1 aliphatic rings. The zero-order valence-electron chi connectivity index (χ0n) is 12.7. The highest BCUT2D eigenvalue weighted by molar-refractivity contribution is 7.13. The highest BCUT2D eigenvalue weighted by atomic mass is 32.1. The number of rotatable bonds is 4. The molecule has 0 aliphatic carbocycles. The molecule has 0 radical (unpaired) electrons. The third-order valence-electron chi connectivity index (χ3n) is 3.41. The molecule has 3 rings (SSSR count). The second kappa shape index (κ2) is 7.34. The predicted molar refractivity (Wildman–Crippen MR) is 87.6 cm³/mol. The standard InChI is InChI=1S/C14H18N6O2S/c1-10-8-20(4-5-22-10)12-3-2-11(6-15-12)7-16-13(21)18-14-19-17-9-23-14/h2-3,6,9-10H,4-5,7-8H2,1H3,(H2,16,18,19,21)/t10-/m1/s1. The summed E-state index contributed by atoms with van der Waals surface area (Å²) in [5, 5.41) is 13.2. The van der Waals surface area contributed by atoms with E-state index in [2.05, 4.69) is 37.6 Å². The minimum Gasteiger partial charge on any atom is -0.375 e. The van der Waals surface area contributed by atoms with Crippen LogP contribution in [0.1, 0.15) is 12.5 Å². The number of carbonyl (C=O) groups is 1. The Bertz CT molecular complexity index is 633. The fourth-order valence-corrected chi connectivity index (χ4v) is 2.73. The summed E-state index contributed by atoms with van der Waals surface area (Å²) in [5.74, 6) is 0.933. The lowest BCUT2D eigenvalue weighted by Gasteiger charge is -2.32. The monoisotopic (exact) mass is 334 g/mol. The van der Waals surface area contributed by atoms with Crippen molar-refractivity contribution in [2.24, 2.45) is 0 Å². The van der Waals surface area contributed by atoms with Crippen molar-refractivity contribution in [3.8, 4) is 0 Å². The van der Waals surface area contributed by atoms with Crippen molar-refractivity contribution in [2.45, 2.75) is 19.6 Å². The van der Waals surface area contributed by atoms with Crippen molar-refractivity contribution in [3.63, 3.8) is 0 Å². The van der Waals surface area contributed by atoms with Gasteiger partial charge in [-0.3, -0.25) is 5.32 Å². The summed E-state index contributed by atoms with van der Waals surface area (Å²) >= 11 is 1.27. The zero-order valence-corrected chi connectivity index (χ0v) is 13.5. The molecule has 3 heterocycles. The number of pyridine rings is 1. The maximum absolute atomic E-state index is 11.7. The van der Waals surface area contributed by atoms with Crippen LogP contribution in [0.4, 0.5) is 15.7 Å². The summed E-state index contributed by atoms with van der Waals surface area (Å²) < 4.78 is 5.53. The number of nitrogens with zero attached hydrogens (tertiary/aromatic N) is 4. The van der Waals surface area contributed by atoms with Gasteiger partial charge in [-0.25, -0.2) is 9.78 Å². The second-order valence-corrected chi connectivity index (χ2v) is 6.04. The third kappa shape index (κ3) is 4.36. The lowest BCUT2D eigenvalue weighted by atomic mass is 10.2. The molecule has 0 unspecified atom stereocenters. The van der Waals surface area contributed by atoms with Crippen LogP contribution in [0.3, 0.4) is 0 Å². The summed E-state index contributed by atoms with van der Waals surface area (Å²) in [6.07, 6.45) is 2.00. The first kappa shape index (κ1) is 15.6. The Morgan fingerprint density at radius 1 is 1.52 bits per heavy atom. The smallest absolute Gasteiger partial charge is 0.321 e. The number of carbonyl (C=O) groups excluding carboxylic acids is 1. The number of urea groups is 1. The molecule has 122 valence electrons. The Morgan fingerprint density at radius 3 is 3.13 bits per heavy atom. The fourth-order valence-electron chi connectivity index (χ4n) is 2.29. The van der Waals surface area contributed by atoms with Crippen molar-refractivity contribution in [1.29, 1.82) is 0 Å². The summed E-state index contributed by atoms with van der Waals surface area (Å²) in [5.41, 5.74) is 2.49. The number of amides is 2. The third-order valence-corrected chi connectivity index (χ3v) is 4.01. The molecule has 1 fully saturated rings. The minimum absolute atomic E-state index is 0.218. The Hall–Kier alpha value is -2.26. The zero-order chi connectivity index (χ0) is 16.1. The summed E-state index contributed by atoms with van der Waals surface area (Å²) in [4.78, 5) is 18.4. The van der Waals surface area contributed by atoms with E-state index in [0.717, 1.165) is 31.1 Å². The summed E-state index contributed by atoms with van der Waals surface area (Å²) in [7, 11) is 0. The van der Waals surface area contributed by atoms with Crippen molar-refractivity contribution >= 4 is 28.3 Å². The van der Waals surface area contributed by atoms with Gasteiger partial charge >= 0.3 is 6.03 Å². The van der Waals surface area contributed by atoms with Crippen molar-refractivity contribution in [3.05, 3.63) is 29.4 Å². The van der Waals surface area contributed by atoms with Gasteiger partial charge in [-0.15, -0.1) is 10.2 Å².